The smallest absolute Gasteiger partial charge is 0.254 e. The van der Waals surface area contributed by atoms with E-state index >= 15 is 0 Å². The highest BCUT2D eigenvalue weighted by molar-refractivity contribution is 6.31. The molecule has 0 aliphatic heterocycles. The second-order valence-corrected chi connectivity index (χ2v) is 7.92. The van der Waals surface area contributed by atoms with Crippen LogP contribution in [-0.4, -0.2) is 29.8 Å². The van der Waals surface area contributed by atoms with Crippen LogP contribution in [0.2, 0.25) is 5.02 Å². The third kappa shape index (κ3) is 5.81. The first-order valence-corrected chi connectivity index (χ1v) is 10.6. The molecule has 2 aromatic rings. The summed E-state index contributed by atoms with van der Waals surface area (Å²) < 4.78 is 0. The van der Waals surface area contributed by atoms with Crippen LogP contribution in [0, 0.1) is 5.92 Å². The molecule has 5 nitrogen and oxygen atoms in total. The Hall–Kier alpha value is -2.37. The molecule has 1 aliphatic rings. The molecule has 1 saturated carbocycles. The third-order valence-corrected chi connectivity index (χ3v) is 5.71. The van der Waals surface area contributed by atoms with E-state index in [0.717, 1.165) is 31.2 Å². The standard InChI is InChI=1S/C23H28ClN3O2/c24-21-12-11-20(26-22(28)17-7-4-5-8-17)15-19(21)16-27(14-6-13-25)23(29)18-9-2-1-3-10-18/h1-3,9-12,15,17H,4-8,13-14,16,25H2,(H,26,28). The van der Waals surface area contributed by atoms with Crippen molar-refractivity contribution < 1.29 is 9.59 Å². The lowest BCUT2D eigenvalue weighted by atomic mass is 10.1. The van der Waals surface area contributed by atoms with Crippen molar-refractivity contribution in [3.63, 3.8) is 0 Å². The zero-order valence-corrected chi connectivity index (χ0v) is 17.3. The van der Waals surface area contributed by atoms with Gasteiger partial charge in [-0.2, -0.15) is 0 Å². The van der Waals surface area contributed by atoms with E-state index in [1.54, 1.807) is 23.1 Å². The van der Waals surface area contributed by atoms with E-state index in [1.807, 2.05) is 30.3 Å². The first-order chi connectivity index (χ1) is 14.1. The molecule has 0 bridgehead atoms. The predicted molar refractivity (Wildman–Crippen MR) is 117 cm³/mol. The zero-order valence-electron chi connectivity index (χ0n) is 16.6. The van der Waals surface area contributed by atoms with E-state index in [4.69, 9.17) is 17.3 Å². The highest BCUT2D eigenvalue weighted by atomic mass is 35.5. The molecule has 0 heterocycles. The van der Waals surface area contributed by atoms with Crippen LogP contribution in [0.25, 0.3) is 0 Å². The second kappa shape index (κ2) is 10.4. The van der Waals surface area contributed by atoms with E-state index in [1.165, 1.54) is 0 Å². The molecule has 2 amide bonds. The average Bonchev–Trinajstić information content (AvgIpc) is 3.28. The van der Waals surface area contributed by atoms with Gasteiger partial charge in [0.15, 0.2) is 0 Å². The molecule has 0 atom stereocenters. The Kier molecular flexibility index (Phi) is 7.67. The van der Waals surface area contributed by atoms with Gasteiger partial charge in [-0.3, -0.25) is 9.59 Å². The molecule has 3 N–H and O–H groups in total. The minimum Gasteiger partial charge on any atom is -0.334 e. The van der Waals surface area contributed by atoms with Crippen molar-refractivity contribution in [1.29, 1.82) is 0 Å². The maximum Gasteiger partial charge on any atom is 0.254 e. The number of nitrogens with zero attached hydrogens (tertiary/aromatic N) is 1. The van der Waals surface area contributed by atoms with Gasteiger partial charge in [-0.05, 0) is 61.7 Å². The van der Waals surface area contributed by atoms with E-state index in [2.05, 4.69) is 5.32 Å². The minimum atomic E-state index is -0.0597. The van der Waals surface area contributed by atoms with Gasteiger partial charge in [0, 0.05) is 35.3 Å². The molecule has 2 aromatic carbocycles. The van der Waals surface area contributed by atoms with Gasteiger partial charge in [0.25, 0.3) is 5.91 Å². The molecular weight excluding hydrogens is 386 g/mol. The fourth-order valence-electron chi connectivity index (χ4n) is 3.71. The van der Waals surface area contributed by atoms with Gasteiger partial charge in [0.2, 0.25) is 5.91 Å². The van der Waals surface area contributed by atoms with Crippen molar-refractivity contribution in [2.45, 2.75) is 38.6 Å². The predicted octanol–water partition coefficient (Wildman–Crippen LogP) is 4.46. The Bertz CT molecular complexity index is 835. The first kappa shape index (κ1) is 21.3. The lowest BCUT2D eigenvalue weighted by Gasteiger charge is -2.24. The van der Waals surface area contributed by atoms with Crippen molar-refractivity contribution in [1.82, 2.24) is 4.90 Å². The molecule has 1 aliphatic carbocycles. The Balaban J connectivity index is 1.75. The quantitative estimate of drug-likeness (QED) is 0.670. The number of nitrogens with two attached hydrogens (primary N) is 1. The topological polar surface area (TPSA) is 75.4 Å². The maximum atomic E-state index is 13.0. The van der Waals surface area contributed by atoms with Gasteiger partial charge in [0.05, 0.1) is 0 Å². The monoisotopic (exact) mass is 413 g/mol. The highest BCUT2D eigenvalue weighted by Crippen LogP contribution is 2.27. The van der Waals surface area contributed by atoms with E-state index in [-0.39, 0.29) is 17.7 Å². The van der Waals surface area contributed by atoms with Gasteiger partial charge < -0.3 is 16.0 Å². The van der Waals surface area contributed by atoms with Crippen molar-refractivity contribution in [3.8, 4) is 0 Å². The molecule has 154 valence electrons. The van der Waals surface area contributed by atoms with Crippen molar-refractivity contribution in [2.24, 2.45) is 11.7 Å². The SMILES string of the molecule is NCCCN(Cc1cc(NC(=O)C2CCCC2)ccc1Cl)C(=O)c1ccccc1. The molecule has 0 radical (unpaired) electrons. The van der Waals surface area contributed by atoms with Crippen LogP contribution in [-0.2, 0) is 11.3 Å². The Labute approximate surface area is 177 Å². The lowest BCUT2D eigenvalue weighted by Crippen LogP contribution is -2.32. The minimum absolute atomic E-state index is 0.0597. The summed E-state index contributed by atoms with van der Waals surface area (Å²) in [5.74, 6) is 0.0986. The van der Waals surface area contributed by atoms with Crippen LogP contribution >= 0.6 is 11.6 Å². The van der Waals surface area contributed by atoms with E-state index < -0.39 is 0 Å². The highest BCUT2D eigenvalue weighted by Gasteiger charge is 2.23. The maximum absolute atomic E-state index is 13.0. The molecule has 0 unspecified atom stereocenters. The zero-order chi connectivity index (χ0) is 20.6. The number of benzene rings is 2. The van der Waals surface area contributed by atoms with E-state index in [9.17, 15) is 9.59 Å². The normalized spacial score (nSPS) is 14.0. The Morgan fingerprint density at radius 2 is 1.83 bits per heavy atom. The Morgan fingerprint density at radius 3 is 2.52 bits per heavy atom. The van der Waals surface area contributed by atoms with Crippen LogP contribution in [0.4, 0.5) is 5.69 Å². The number of hydrogen-bond donors (Lipinski definition) is 2. The second-order valence-electron chi connectivity index (χ2n) is 7.51. The Morgan fingerprint density at radius 1 is 1.10 bits per heavy atom. The van der Waals surface area contributed by atoms with Crippen LogP contribution in [0.3, 0.4) is 0 Å². The summed E-state index contributed by atoms with van der Waals surface area (Å²) in [5.41, 5.74) is 7.81. The number of hydrogen-bond acceptors (Lipinski definition) is 3. The molecule has 1 fully saturated rings. The molecule has 29 heavy (non-hydrogen) atoms. The fraction of sp³-hybridized carbons (Fsp3) is 0.391. The number of amides is 2. The third-order valence-electron chi connectivity index (χ3n) is 5.34. The fourth-order valence-corrected chi connectivity index (χ4v) is 3.89. The summed E-state index contributed by atoms with van der Waals surface area (Å²) in [5, 5.41) is 3.58. The van der Waals surface area contributed by atoms with Crippen LogP contribution in [0.15, 0.2) is 48.5 Å². The van der Waals surface area contributed by atoms with Crippen molar-refractivity contribution >= 4 is 29.1 Å². The van der Waals surface area contributed by atoms with Crippen LogP contribution < -0.4 is 11.1 Å². The molecule has 0 saturated heterocycles. The number of halogens is 1. The molecular formula is C23H28ClN3O2. The number of carbonyl (C=O) groups excluding carboxylic acids is 2. The van der Waals surface area contributed by atoms with E-state index in [0.29, 0.717) is 42.3 Å². The number of nitrogens with one attached hydrogen (secondary N) is 1. The summed E-state index contributed by atoms with van der Waals surface area (Å²) in [7, 11) is 0. The van der Waals surface area contributed by atoms with Gasteiger partial charge in [-0.25, -0.2) is 0 Å². The average molecular weight is 414 g/mol. The van der Waals surface area contributed by atoms with Crippen LogP contribution in [0.5, 0.6) is 0 Å². The lowest BCUT2D eigenvalue weighted by molar-refractivity contribution is -0.119. The summed E-state index contributed by atoms with van der Waals surface area (Å²) in [6, 6.07) is 14.6. The summed E-state index contributed by atoms with van der Waals surface area (Å²) >= 11 is 6.41. The summed E-state index contributed by atoms with van der Waals surface area (Å²) in [4.78, 5) is 27.2. The van der Waals surface area contributed by atoms with Crippen LogP contribution in [0.1, 0.15) is 48.0 Å². The number of rotatable bonds is 8. The molecule has 6 heteroatoms. The van der Waals surface area contributed by atoms with Crippen molar-refractivity contribution in [3.05, 3.63) is 64.7 Å². The first-order valence-electron chi connectivity index (χ1n) is 10.2. The van der Waals surface area contributed by atoms with Gasteiger partial charge in [-0.15, -0.1) is 0 Å². The van der Waals surface area contributed by atoms with Gasteiger partial charge in [0.1, 0.15) is 0 Å². The molecule has 0 spiro atoms. The number of anilines is 1. The largest absolute Gasteiger partial charge is 0.334 e. The molecule has 0 aromatic heterocycles. The van der Waals surface area contributed by atoms with Crippen molar-refractivity contribution in [2.75, 3.05) is 18.4 Å². The van der Waals surface area contributed by atoms with Gasteiger partial charge >= 0.3 is 0 Å². The molecule has 3 rings (SSSR count). The summed E-state index contributed by atoms with van der Waals surface area (Å²) in [6.45, 7) is 1.41. The summed E-state index contributed by atoms with van der Waals surface area (Å²) in [6.07, 6.45) is 4.83. The van der Waals surface area contributed by atoms with Gasteiger partial charge in [-0.1, -0.05) is 42.6 Å². The number of carbonyl (C=O) groups is 2.